The van der Waals surface area contributed by atoms with Crippen LogP contribution in [0.3, 0.4) is 0 Å². The highest BCUT2D eigenvalue weighted by Gasteiger charge is 2.37. The van der Waals surface area contributed by atoms with E-state index in [1.54, 1.807) is 7.11 Å². The second-order valence-corrected chi connectivity index (χ2v) is 8.24. The molecule has 1 aliphatic heterocycles. The summed E-state index contributed by atoms with van der Waals surface area (Å²) in [4.78, 5) is 38.4. The summed E-state index contributed by atoms with van der Waals surface area (Å²) in [5.74, 6) is 0.498. The van der Waals surface area contributed by atoms with Gasteiger partial charge in [-0.3, -0.25) is 14.5 Å². The van der Waals surface area contributed by atoms with E-state index < -0.39 is 6.04 Å². The molecule has 1 aliphatic carbocycles. The number of imide groups is 1. The van der Waals surface area contributed by atoms with Crippen LogP contribution < -0.4 is 15.4 Å². The van der Waals surface area contributed by atoms with Gasteiger partial charge < -0.3 is 15.4 Å². The first kappa shape index (κ1) is 22.1. The molecule has 0 spiro atoms. The summed E-state index contributed by atoms with van der Waals surface area (Å²) < 4.78 is 5.14. The molecule has 7 nitrogen and oxygen atoms in total. The molecule has 1 atom stereocenters. The molecule has 1 aromatic carbocycles. The number of hydrogen-bond donors (Lipinski definition) is 2. The van der Waals surface area contributed by atoms with Gasteiger partial charge in [0, 0.05) is 19.0 Å². The van der Waals surface area contributed by atoms with Gasteiger partial charge in [-0.2, -0.15) is 0 Å². The summed E-state index contributed by atoms with van der Waals surface area (Å²) in [6.45, 7) is 0.321. The SMILES string of the molecule is COc1ccc(CCN2C(=O)NC(CCC(=O)NC3CCCCCCC3)C2=O)cc1. The molecule has 3 rings (SSSR count). The number of nitrogens with one attached hydrogen (secondary N) is 2. The molecule has 1 saturated carbocycles. The fourth-order valence-electron chi connectivity index (χ4n) is 4.19. The van der Waals surface area contributed by atoms with Crippen LogP contribution in [0.4, 0.5) is 4.79 Å². The van der Waals surface area contributed by atoms with Crippen molar-refractivity contribution in [2.75, 3.05) is 13.7 Å². The summed E-state index contributed by atoms with van der Waals surface area (Å²) in [6.07, 6.45) is 9.31. The quantitative estimate of drug-likeness (QED) is 0.639. The Balaban J connectivity index is 1.42. The van der Waals surface area contributed by atoms with Crippen LogP contribution in [0.5, 0.6) is 5.75 Å². The van der Waals surface area contributed by atoms with Crippen molar-refractivity contribution in [3.8, 4) is 5.75 Å². The monoisotopic (exact) mass is 415 g/mol. The van der Waals surface area contributed by atoms with Crippen molar-refractivity contribution in [1.29, 1.82) is 0 Å². The second-order valence-electron chi connectivity index (χ2n) is 8.24. The molecule has 30 heavy (non-hydrogen) atoms. The summed E-state index contributed by atoms with van der Waals surface area (Å²) in [5, 5.41) is 5.84. The maximum absolute atomic E-state index is 12.6. The van der Waals surface area contributed by atoms with Gasteiger partial charge in [0.2, 0.25) is 5.91 Å². The summed E-state index contributed by atoms with van der Waals surface area (Å²) in [7, 11) is 1.61. The molecule has 2 N–H and O–H groups in total. The largest absolute Gasteiger partial charge is 0.497 e. The Hall–Kier alpha value is -2.57. The van der Waals surface area contributed by atoms with Gasteiger partial charge in [0.25, 0.3) is 5.91 Å². The minimum atomic E-state index is -0.614. The van der Waals surface area contributed by atoms with Crippen LogP contribution in [0.15, 0.2) is 24.3 Å². The third-order valence-electron chi connectivity index (χ3n) is 6.02. The van der Waals surface area contributed by atoms with E-state index in [-0.39, 0.29) is 30.3 Å². The maximum atomic E-state index is 12.6. The van der Waals surface area contributed by atoms with Gasteiger partial charge in [-0.25, -0.2) is 4.79 Å². The topological polar surface area (TPSA) is 87.7 Å². The fraction of sp³-hybridized carbons (Fsp3) is 0.609. The molecular weight excluding hydrogens is 382 g/mol. The number of urea groups is 1. The number of methoxy groups -OCH3 is 1. The number of carbonyl (C=O) groups excluding carboxylic acids is 3. The van der Waals surface area contributed by atoms with Crippen molar-refractivity contribution in [2.45, 2.75) is 76.3 Å². The lowest BCUT2D eigenvalue weighted by molar-refractivity contribution is -0.127. The zero-order chi connectivity index (χ0) is 21.3. The van der Waals surface area contributed by atoms with Gasteiger partial charge in [0.1, 0.15) is 11.8 Å². The highest BCUT2D eigenvalue weighted by atomic mass is 16.5. The fourth-order valence-corrected chi connectivity index (χ4v) is 4.19. The van der Waals surface area contributed by atoms with Crippen molar-refractivity contribution in [3.05, 3.63) is 29.8 Å². The van der Waals surface area contributed by atoms with E-state index in [4.69, 9.17) is 4.74 Å². The van der Waals surface area contributed by atoms with Crippen LogP contribution in [0.2, 0.25) is 0 Å². The summed E-state index contributed by atoms with van der Waals surface area (Å²) in [5.41, 5.74) is 1.03. The first-order valence-corrected chi connectivity index (χ1v) is 11.1. The Labute approximate surface area is 178 Å². The normalized spacial score (nSPS) is 20.4. The van der Waals surface area contributed by atoms with E-state index in [1.165, 1.54) is 24.2 Å². The van der Waals surface area contributed by atoms with Gasteiger partial charge in [-0.1, -0.05) is 44.2 Å². The third-order valence-corrected chi connectivity index (χ3v) is 6.02. The predicted molar refractivity (Wildman–Crippen MR) is 114 cm³/mol. The zero-order valence-corrected chi connectivity index (χ0v) is 17.8. The first-order valence-electron chi connectivity index (χ1n) is 11.1. The number of rotatable bonds is 8. The third kappa shape index (κ3) is 6.21. The van der Waals surface area contributed by atoms with Crippen LogP contribution in [0.1, 0.15) is 63.4 Å². The Kier molecular flexibility index (Phi) is 8.11. The molecule has 164 valence electrons. The Bertz CT molecular complexity index is 726. The predicted octanol–water partition coefficient (Wildman–Crippen LogP) is 3.17. The molecule has 2 aliphatic rings. The molecule has 7 heteroatoms. The molecule has 0 radical (unpaired) electrons. The average molecular weight is 416 g/mol. The lowest BCUT2D eigenvalue weighted by Crippen LogP contribution is -2.37. The number of benzene rings is 1. The van der Waals surface area contributed by atoms with Crippen LogP contribution in [-0.2, 0) is 16.0 Å². The number of nitrogens with zero attached hydrogens (tertiary/aromatic N) is 1. The molecule has 4 amide bonds. The number of carbonyl (C=O) groups is 3. The molecule has 0 aromatic heterocycles. The van der Waals surface area contributed by atoms with E-state index >= 15 is 0 Å². The second kappa shape index (κ2) is 11.0. The minimum Gasteiger partial charge on any atom is -0.497 e. The van der Waals surface area contributed by atoms with Crippen molar-refractivity contribution in [1.82, 2.24) is 15.5 Å². The van der Waals surface area contributed by atoms with Gasteiger partial charge in [0.15, 0.2) is 0 Å². The summed E-state index contributed by atoms with van der Waals surface area (Å²) >= 11 is 0. The number of hydrogen-bond acceptors (Lipinski definition) is 4. The van der Waals surface area contributed by atoms with Crippen LogP contribution in [-0.4, -0.2) is 48.5 Å². The Morgan fingerprint density at radius 3 is 2.43 bits per heavy atom. The van der Waals surface area contributed by atoms with Crippen molar-refractivity contribution in [2.24, 2.45) is 0 Å². The van der Waals surface area contributed by atoms with Gasteiger partial charge in [-0.05, 0) is 43.4 Å². The van der Waals surface area contributed by atoms with Crippen molar-refractivity contribution in [3.63, 3.8) is 0 Å². The standard InChI is InChI=1S/C23H33N3O4/c1-30-19-11-9-17(10-12-19)15-16-26-22(28)20(25-23(26)29)13-14-21(27)24-18-7-5-3-2-4-6-8-18/h9-12,18,20H,2-8,13-16H2,1H3,(H,24,27)(H,25,29). The highest BCUT2D eigenvalue weighted by molar-refractivity contribution is 6.04. The Morgan fingerprint density at radius 2 is 1.77 bits per heavy atom. The highest BCUT2D eigenvalue weighted by Crippen LogP contribution is 2.18. The molecule has 2 fully saturated rings. The first-order chi connectivity index (χ1) is 14.6. The maximum Gasteiger partial charge on any atom is 0.324 e. The Morgan fingerprint density at radius 1 is 1.10 bits per heavy atom. The van der Waals surface area contributed by atoms with Crippen LogP contribution in [0, 0.1) is 0 Å². The minimum absolute atomic E-state index is 0.0284. The summed E-state index contributed by atoms with van der Waals surface area (Å²) in [6, 6.07) is 6.82. The van der Waals surface area contributed by atoms with Crippen LogP contribution in [0.25, 0.3) is 0 Å². The van der Waals surface area contributed by atoms with Crippen molar-refractivity contribution >= 4 is 17.8 Å². The van der Waals surface area contributed by atoms with E-state index in [2.05, 4.69) is 10.6 Å². The lowest BCUT2D eigenvalue weighted by atomic mass is 9.96. The number of ether oxygens (including phenoxy) is 1. The molecule has 1 aromatic rings. The van der Waals surface area contributed by atoms with Gasteiger partial charge in [0.05, 0.1) is 7.11 Å². The zero-order valence-electron chi connectivity index (χ0n) is 17.8. The molecular formula is C23H33N3O4. The van der Waals surface area contributed by atoms with E-state index in [0.29, 0.717) is 19.4 Å². The molecule has 1 unspecified atom stereocenters. The smallest absolute Gasteiger partial charge is 0.324 e. The average Bonchev–Trinajstić information content (AvgIpc) is 3.00. The van der Waals surface area contributed by atoms with E-state index in [1.807, 2.05) is 24.3 Å². The molecule has 0 bridgehead atoms. The molecule has 1 saturated heterocycles. The van der Waals surface area contributed by atoms with E-state index in [9.17, 15) is 14.4 Å². The van der Waals surface area contributed by atoms with E-state index in [0.717, 1.165) is 37.0 Å². The lowest BCUT2D eigenvalue weighted by Gasteiger charge is -2.21. The molecule has 1 heterocycles. The van der Waals surface area contributed by atoms with Gasteiger partial charge in [-0.15, -0.1) is 0 Å². The van der Waals surface area contributed by atoms with Gasteiger partial charge >= 0.3 is 6.03 Å². The van der Waals surface area contributed by atoms with Crippen LogP contribution >= 0.6 is 0 Å². The number of amides is 4. The van der Waals surface area contributed by atoms with Crippen molar-refractivity contribution < 1.29 is 19.1 Å².